The molecule has 0 bridgehead atoms. The van der Waals surface area contributed by atoms with Crippen LogP contribution < -0.4 is 15.8 Å². The van der Waals surface area contributed by atoms with Gasteiger partial charge in [-0.15, -0.1) is 0 Å². The summed E-state index contributed by atoms with van der Waals surface area (Å²) in [6, 6.07) is 14.3. The molecule has 148 valence electrons. The molecule has 0 fully saturated rings. The van der Waals surface area contributed by atoms with Crippen LogP contribution in [0.5, 0.6) is 11.6 Å². The second kappa shape index (κ2) is 8.89. The number of ether oxygens (including phenoxy) is 1. The highest BCUT2D eigenvalue weighted by Crippen LogP contribution is 2.22. The topological polar surface area (TPSA) is 120 Å². The monoisotopic (exact) mass is 396 g/mol. The van der Waals surface area contributed by atoms with Crippen LogP contribution in [0, 0.1) is 15.9 Å². The van der Waals surface area contributed by atoms with Gasteiger partial charge in [-0.1, -0.05) is 18.2 Å². The van der Waals surface area contributed by atoms with Crippen molar-refractivity contribution in [1.82, 2.24) is 4.98 Å². The molecule has 0 unspecified atom stereocenters. The average Bonchev–Trinajstić information content (AvgIpc) is 2.70. The van der Waals surface area contributed by atoms with Crippen molar-refractivity contribution in [2.75, 3.05) is 5.32 Å². The smallest absolute Gasteiger partial charge is 0.287 e. The van der Waals surface area contributed by atoms with E-state index >= 15 is 0 Å². The summed E-state index contributed by atoms with van der Waals surface area (Å²) >= 11 is 0. The Morgan fingerprint density at radius 1 is 1.21 bits per heavy atom. The van der Waals surface area contributed by atoms with E-state index in [1.807, 2.05) is 0 Å². The maximum absolute atomic E-state index is 13.2. The van der Waals surface area contributed by atoms with Crippen molar-refractivity contribution in [2.45, 2.75) is 12.5 Å². The minimum absolute atomic E-state index is 0.127. The zero-order chi connectivity index (χ0) is 20.8. The molecule has 0 aliphatic carbocycles. The highest BCUT2D eigenvalue weighted by Gasteiger charge is 2.15. The second-order valence-corrected chi connectivity index (χ2v) is 6.17. The van der Waals surface area contributed by atoms with Gasteiger partial charge < -0.3 is 15.8 Å². The number of pyridine rings is 1. The molecule has 3 N–H and O–H groups in total. The van der Waals surface area contributed by atoms with Gasteiger partial charge in [-0.05, 0) is 42.3 Å². The molecule has 0 spiro atoms. The van der Waals surface area contributed by atoms with Gasteiger partial charge >= 0.3 is 0 Å². The van der Waals surface area contributed by atoms with E-state index in [1.54, 1.807) is 30.3 Å². The third kappa shape index (κ3) is 5.56. The van der Waals surface area contributed by atoms with Gasteiger partial charge in [0.05, 0.1) is 11.0 Å². The van der Waals surface area contributed by atoms with Crippen molar-refractivity contribution < 1.29 is 18.8 Å². The number of aromatic nitrogens is 1. The van der Waals surface area contributed by atoms with E-state index in [4.69, 9.17) is 10.5 Å². The number of hydrogen-bond donors (Lipinski definition) is 2. The molecule has 1 amide bonds. The number of nitrogens with zero attached hydrogens (tertiary/aromatic N) is 2. The number of nitro groups is 1. The summed E-state index contributed by atoms with van der Waals surface area (Å²) in [5.41, 5.74) is 6.95. The molecular weight excluding hydrogens is 379 g/mol. The first kappa shape index (κ1) is 19.9. The van der Waals surface area contributed by atoms with Crippen LogP contribution in [0.15, 0.2) is 66.9 Å². The van der Waals surface area contributed by atoms with Gasteiger partial charge in [-0.2, -0.15) is 0 Å². The lowest BCUT2D eigenvalue weighted by atomic mass is 10.1. The van der Waals surface area contributed by atoms with Crippen molar-refractivity contribution in [3.05, 3.63) is 88.4 Å². The Bertz CT molecular complexity index is 1010. The minimum Gasteiger partial charge on any atom is -0.439 e. The molecule has 8 nitrogen and oxygen atoms in total. The van der Waals surface area contributed by atoms with Gasteiger partial charge in [0.25, 0.3) is 5.69 Å². The van der Waals surface area contributed by atoms with Crippen LogP contribution in [0.4, 0.5) is 15.8 Å². The van der Waals surface area contributed by atoms with Gasteiger partial charge in [-0.3, -0.25) is 14.9 Å². The van der Waals surface area contributed by atoms with Gasteiger partial charge in [-0.25, -0.2) is 9.37 Å². The van der Waals surface area contributed by atoms with Crippen LogP contribution in [0.1, 0.15) is 5.56 Å². The van der Waals surface area contributed by atoms with E-state index < -0.39 is 22.7 Å². The SMILES string of the molecule is N[C@@H](Cc1ccc(Oc2ccc([N+](=O)[O-])cn2)cc1)C(=O)Nc1cccc(F)c1. The number of benzene rings is 2. The predicted molar refractivity (Wildman–Crippen MR) is 104 cm³/mol. The Labute approximate surface area is 165 Å². The number of rotatable bonds is 7. The van der Waals surface area contributed by atoms with Crippen molar-refractivity contribution in [3.8, 4) is 11.6 Å². The highest BCUT2D eigenvalue weighted by atomic mass is 19.1. The molecule has 0 saturated heterocycles. The van der Waals surface area contributed by atoms with Crippen LogP contribution >= 0.6 is 0 Å². The van der Waals surface area contributed by atoms with Crippen LogP contribution in [-0.4, -0.2) is 21.9 Å². The largest absolute Gasteiger partial charge is 0.439 e. The summed E-state index contributed by atoms with van der Waals surface area (Å²) in [5.74, 6) is -0.178. The molecule has 3 rings (SSSR count). The second-order valence-electron chi connectivity index (χ2n) is 6.17. The standard InChI is InChI=1S/C20H17FN4O4/c21-14-2-1-3-15(11-14)24-20(26)18(22)10-13-4-7-17(8-5-13)29-19-9-6-16(12-23-19)25(27)28/h1-9,11-12,18H,10,22H2,(H,24,26)/t18-/m0/s1. The summed E-state index contributed by atoms with van der Waals surface area (Å²) in [6.07, 6.45) is 1.39. The van der Waals surface area contributed by atoms with E-state index in [2.05, 4.69) is 10.3 Å². The summed E-state index contributed by atoms with van der Waals surface area (Å²) in [6.45, 7) is 0. The summed E-state index contributed by atoms with van der Waals surface area (Å²) in [7, 11) is 0. The number of halogens is 1. The fourth-order valence-corrected chi connectivity index (χ4v) is 2.50. The summed E-state index contributed by atoms with van der Waals surface area (Å²) in [4.78, 5) is 26.1. The summed E-state index contributed by atoms with van der Waals surface area (Å²) in [5, 5.41) is 13.2. The van der Waals surface area contributed by atoms with Crippen LogP contribution in [-0.2, 0) is 11.2 Å². The molecule has 1 aromatic heterocycles. The molecule has 0 saturated carbocycles. The highest BCUT2D eigenvalue weighted by molar-refractivity contribution is 5.94. The molecule has 29 heavy (non-hydrogen) atoms. The molecule has 3 aromatic rings. The van der Waals surface area contributed by atoms with Gasteiger partial charge in [0.1, 0.15) is 17.8 Å². The van der Waals surface area contributed by atoms with E-state index in [0.29, 0.717) is 11.4 Å². The lowest BCUT2D eigenvalue weighted by Crippen LogP contribution is -2.37. The number of nitrogens with one attached hydrogen (secondary N) is 1. The van der Waals surface area contributed by atoms with Crippen molar-refractivity contribution in [3.63, 3.8) is 0 Å². The maximum atomic E-state index is 13.2. The lowest BCUT2D eigenvalue weighted by Gasteiger charge is -2.13. The van der Waals surface area contributed by atoms with Crippen molar-refractivity contribution in [1.29, 1.82) is 0 Å². The number of amides is 1. The molecular formula is C20H17FN4O4. The van der Waals surface area contributed by atoms with E-state index in [1.165, 1.54) is 30.3 Å². The van der Waals surface area contributed by atoms with E-state index in [-0.39, 0.29) is 18.0 Å². The van der Waals surface area contributed by atoms with E-state index in [0.717, 1.165) is 11.8 Å². The molecule has 0 aliphatic rings. The van der Waals surface area contributed by atoms with Gasteiger partial charge in [0.2, 0.25) is 11.8 Å². The van der Waals surface area contributed by atoms with Crippen molar-refractivity contribution >= 4 is 17.3 Å². The Kier molecular flexibility index (Phi) is 6.10. The fourth-order valence-electron chi connectivity index (χ4n) is 2.50. The van der Waals surface area contributed by atoms with Crippen LogP contribution in [0.25, 0.3) is 0 Å². The molecule has 0 radical (unpaired) electrons. The van der Waals surface area contributed by atoms with Crippen LogP contribution in [0.2, 0.25) is 0 Å². The number of carbonyl (C=O) groups is 1. The third-order valence-corrected chi connectivity index (χ3v) is 3.96. The number of anilines is 1. The first-order valence-electron chi connectivity index (χ1n) is 8.60. The first-order chi connectivity index (χ1) is 13.9. The average molecular weight is 396 g/mol. The Balaban J connectivity index is 1.56. The number of carbonyl (C=O) groups excluding carboxylic acids is 1. The Morgan fingerprint density at radius 2 is 1.97 bits per heavy atom. The fraction of sp³-hybridized carbons (Fsp3) is 0.100. The summed E-state index contributed by atoms with van der Waals surface area (Å²) < 4.78 is 18.7. The van der Waals surface area contributed by atoms with Crippen molar-refractivity contribution in [2.24, 2.45) is 5.73 Å². The number of nitrogens with two attached hydrogens (primary N) is 1. The number of hydrogen-bond acceptors (Lipinski definition) is 6. The Hall–Kier alpha value is -3.85. The molecule has 1 atom stereocenters. The minimum atomic E-state index is -0.818. The Morgan fingerprint density at radius 3 is 2.59 bits per heavy atom. The zero-order valence-corrected chi connectivity index (χ0v) is 15.1. The normalized spacial score (nSPS) is 11.5. The third-order valence-electron chi connectivity index (χ3n) is 3.96. The first-order valence-corrected chi connectivity index (χ1v) is 8.60. The zero-order valence-electron chi connectivity index (χ0n) is 15.1. The maximum Gasteiger partial charge on any atom is 0.287 e. The molecule has 9 heteroatoms. The molecule has 1 heterocycles. The van der Waals surface area contributed by atoms with Gasteiger partial charge in [0, 0.05) is 17.8 Å². The molecule has 0 aliphatic heterocycles. The van der Waals surface area contributed by atoms with E-state index in [9.17, 15) is 19.3 Å². The quantitative estimate of drug-likeness (QED) is 0.466. The predicted octanol–water partition coefficient (Wildman–Crippen LogP) is 3.43. The lowest BCUT2D eigenvalue weighted by molar-refractivity contribution is -0.385. The van der Waals surface area contributed by atoms with Crippen LogP contribution in [0.3, 0.4) is 0 Å². The molecule has 2 aromatic carbocycles. The van der Waals surface area contributed by atoms with Gasteiger partial charge in [0.15, 0.2) is 0 Å².